The number of fused-ring (bicyclic) bond motifs is 5. The Morgan fingerprint density at radius 2 is 1.48 bits per heavy atom. The predicted molar refractivity (Wildman–Crippen MR) is 176 cm³/mol. The SMILES string of the molecule is CC[Si](CC)(CC)O[C@H]1C[C@@]2(O)[C@@H](O)C3[C@](C)(C(=O)CC(=C1C)C2(C)C)[C@@H](O[Si](CC)(CC)CC)C[C@H]1OC[C@@]31OC(C)=O. The molecule has 0 spiro atoms. The largest absolute Gasteiger partial charge is 0.454 e. The monoisotopic (exact) mass is 652 g/mol. The number of esters is 1. The summed E-state index contributed by atoms with van der Waals surface area (Å²) >= 11 is 0. The quantitative estimate of drug-likeness (QED) is 0.152. The van der Waals surface area contributed by atoms with Crippen molar-refractivity contribution in [3.63, 3.8) is 0 Å². The lowest BCUT2D eigenvalue weighted by molar-refractivity contribution is -0.344. The Balaban J connectivity index is 1.96. The van der Waals surface area contributed by atoms with Gasteiger partial charge in [0.2, 0.25) is 0 Å². The third-order valence-corrected chi connectivity index (χ3v) is 22.6. The van der Waals surface area contributed by atoms with Gasteiger partial charge in [-0.15, -0.1) is 0 Å². The maximum absolute atomic E-state index is 15.0. The lowest BCUT2D eigenvalue weighted by Crippen LogP contribution is -2.81. The van der Waals surface area contributed by atoms with E-state index in [2.05, 4.69) is 48.5 Å². The van der Waals surface area contributed by atoms with Gasteiger partial charge in [-0.2, -0.15) is 0 Å². The summed E-state index contributed by atoms with van der Waals surface area (Å²) in [5, 5.41) is 25.8. The molecule has 2 N–H and O–H groups in total. The van der Waals surface area contributed by atoms with Gasteiger partial charge < -0.3 is 28.5 Å². The Labute approximate surface area is 267 Å². The topological polar surface area (TPSA) is 112 Å². The van der Waals surface area contributed by atoms with Gasteiger partial charge in [-0.05, 0) is 55.7 Å². The molecule has 252 valence electrons. The zero-order valence-electron chi connectivity index (χ0n) is 29.3. The van der Waals surface area contributed by atoms with E-state index >= 15 is 4.79 Å². The van der Waals surface area contributed by atoms with Gasteiger partial charge in [0, 0.05) is 37.5 Å². The third-order valence-electron chi connectivity index (χ3n) is 13.3. The second kappa shape index (κ2) is 12.3. The van der Waals surface area contributed by atoms with Gasteiger partial charge in [-0.25, -0.2) is 0 Å². The number of Topliss-reactive ketones (excluding diaryl/α,β-unsaturated/α-hetero) is 1. The zero-order chi connectivity index (χ0) is 33.1. The first kappa shape index (κ1) is 36.0. The summed E-state index contributed by atoms with van der Waals surface area (Å²) in [7, 11) is -4.33. The van der Waals surface area contributed by atoms with Crippen LogP contribution < -0.4 is 0 Å². The normalized spacial score (nSPS) is 38.7. The lowest BCUT2D eigenvalue weighted by Gasteiger charge is -2.68. The first-order chi connectivity index (χ1) is 20.5. The highest BCUT2D eigenvalue weighted by Crippen LogP contribution is 2.64. The number of carbonyl (C=O) groups is 2. The Kier molecular flexibility index (Phi) is 10.0. The number of ketones is 1. The Morgan fingerprint density at radius 1 is 0.955 bits per heavy atom. The first-order valence-corrected chi connectivity index (χ1v) is 22.3. The third kappa shape index (κ3) is 5.08. The van der Waals surface area contributed by atoms with Crippen LogP contribution >= 0.6 is 0 Å². The molecule has 1 unspecified atom stereocenters. The highest BCUT2D eigenvalue weighted by Gasteiger charge is 2.76. The smallest absolute Gasteiger partial charge is 0.303 e. The number of ether oxygens (including phenoxy) is 2. The molecule has 4 rings (SSSR count). The second-order valence-corrected chi connectivity index (χ2v) is 24.5. The molecule has 44 heavy (non-hydrogen) atoms. The van der Waals surface area contributed by atoms with Crippen LogP contribution in [0.1, 0.15) is 95.4 Å². The summed E-state index contributed by atoms with van der Waals surface area (Å²) in [6.45, 7) is 22.3. The van der Waals surface area contributed by atoms with Crippen LogP contribution in [0.25, 0.3) is 0 Å². The minimum atomic E-state index is -2.22. The van der Waals surface area contributed by atoms with Crippen LogP contribution in [-0.4, -0.2) is 80.8 Å². The standard InChI is InChI=1S/C34H60O8Si2/c1-12-43(13-2,14-3)41-25-20-34(38)30(37)29-32(11,26(36)18-24(22(25)7)31(34,9)10)27(42-44(15-4,16-5)17-6)19-28-33(29,21-39-28)40-23(8)35/h25,27-30,37-38H,12-21H2,1-11H3/t25-,27-,28+,29?,30-,32+,33-,34+/m0/s1. The average molecular weight is 653 g/mol. The van der Waals surface area contributed by atoms with Gasteiger partial charge in [0.15, 0.2) is 22.2 Å². The summed E-state index contributed by atoms with van der Waals surface area (Å²) in [5.41, 5.74) is -3.19. The molecule has 8 atom stereocenters. The van der Waals surface area contributed by atoms with E-state index in [0.29, 0.717) is 6.42 Å². The van der Waals surface area contributed by atoms with Crippen molar-refractivity contribution >= 4 is 28.4 Å². The van der Waals surface area contributed by atoms with E-state index in [0.717, 1.165) is 47.4 Å². The van der Waals surface area contributed by atoms with Crippen molar-refractivity contribution in [1.82, 2.24) is 0 Å². The van der Waals surface area contributed by atoms with Crippen molar-refractivity contribution in [3.8, 4) is 0 Å². The number of hydrogen-bond donors (Lipinski definition) is 2. The molecule has 0 aromatic rings. The highest BCUT2D eigenvalue weighted by molar-refractivity contribution is 6.74. The van der Waals surface area contributed by atoms with E-state index in [1.165, 1.54) is 6.92 Å². The van der Waals surface area contributed by atoms with Crippen LogP contribution in [0.4, 0.5) is 0 Å². The number of aliphatic hydroxyl groups is 2. The molecule has 0 aromatic carbocycles. The average Bonchev–Trinajstić information content (AvgIpc) is 2.98. The number of rotatable bonds is 11. The van der Waals surface area contributed by atoms with Crippen LogP contribution in [0.2, 0.25) is 36.3 Å². The molecular formula is C34H60O8Si2. The number of hydrogen-bond acceptors (Lipinski definition) is 8. The molecule has 2 bridgehead atoms. The first-order valence-electron chi connectivity index (χ1n) is 17.3. The zero-order valence-corrected chi connectivity index (χ0v) is 31.3. The van der Waals surface area contributed by atoms with Crippen molar-refractivity contribution in [2.24, 2.45) is 16.7 Å². The molecule has 3 aliphatic carbocycles. The Hall–Kier alpha value is -0.886. The Morgan fingerprint density at radius 3 is 1.93 bits per heavy atom. The summed E-state index contributed by atoms with van der Waals surface area (Å²) in [4.78, 5) is 27.7. The molecular weight excluding hydrogens is 593 g/mol. The van der Waals surface area contributed by atoms with Gasteiger partial charge in [-0.1, -0.05) is 61.0 Å². The van der Waals surface area contributed by atoms with Crippen LogP contribution in [0.5, 0.6) is 0 Å². The van der Waals surface area contributed by atoms with E-state index in [1.807, 2.05) is 20.8 Å². The van der Waals surface area contributed by atoms with Crippen LogP contribution in [0.15, 0.2) is 11.1 Å². The Bertz CT molecular complexity index is 1130. The summed E-state index contributed by atoms with van der Waals surface area (Å²) in [5.74, 6) is -1.44. The molecule has 0 aromatic heterocycles. The molecule has 2 saturated carbocycles. The van der Waals surface area contributed by atoms with Crippen molar-refractivity contribution in [2.45, 2.75) is 167 Å². The van der Waals surface area contributed by atoms with Crippen LogP contribution in [-0.2, 0) is 27.9 Å². The summed E-state index contributed by atoms with van der Waals surface area (Å²) in [6.07, 6.45) is -2.15. The minimum absolute atomic E-state index is 0.0373. The fourth-order valence-electron chi connectivity index (χ4n) is 9.47. The molecule has 4 aliphatic rings. The van der Waals surface area contributed by atoms with Gasteiger partial charge in [0.05, 0.1) is 30.3 Å². The number of carbonyl (C=O) groups excluding carboxylic acids is 2. The van der Waals surface area contributed by atoms with Crippen molar-refractivity contribution in [3.05, 3.63) is 11.1 Å². The molecule has 3 fully saturated rings. The second-order valence-electron chi connectivity index (χ2n) is 15.0. The fourth-order valence-corrected chi connectivity index (χ4v) is 15.3. The van der Waals surface area contributed by atoms with E-state index in [-0.39, 0.29) is 25.2 Å². The summed E-state index contributed by atoms with van der Waals surface area (Å²) in [6, 6.07) is 5.59. The molecule has 1 saturated heterocycles. The van der Waals surface area contributed by atoms with Crippen molar-refractivity contribution in [2.75, 3.05) is 6.61 Å². The van der Waals surface area contributed by atoms with Gasteiger partial charge >= 0.3 is 5.97 Å². The summed E-state index contributed by atoms with van der Waals surface area (Å²) < 4.78 is 26.4. The molecule has 0 amide bonds. The minimum Gasteiger partial charge on any atom is -0.454 e. The van der Waals surface area contributed by atoms with Gasteiger partial charge in [0.1, 0.15) is 17.5 Å². The molecule has 8 nitrogen and oxygen atoms in total. The molecule has 0 radical (unpaired) electrons. The predicted octanol–water partition coefficient (Wildman–Crippen LogP) is 6.31. The molecule has 1 aliphatic heterocycles. The van der Waals surface area contributed by atoms with Crippen molar-refractivity contribution in [1.29, 1.82) is 0 Å². The van der Waals surface area contributed by atoms with E-state index < -0.39 is 75.0 Å². The van der Waals surface area contributed by atoms with E-state index in [1.54, 1.807) is 0 Å². The van der Waals surface area contributed by atoms with E-state index in [9.17, 15) is 15.0 Å². The van der Waals surface area contributed by atoms with Crippen molar-refractivity contribution < 1.29 is 38.1 Å². The fraction of sp³-hybridized carbons (Fsp3) is 0.882. The number of aliphatic hydroxyl groups excluding tert-OH is 1. The lowest BCUT2D eigenvalue weighted by atomic mass is 9.45. The van der Waals surface area contributed by atoms with Crippen LogP contribution in [0.3, 0.4) is 0 Å². The van der Waals surface area contributed by atoms with Gasteiger partial charge in [-0.3, -0.25) is 9.59 Å². The van der Waals surface area contributed by atoms with E-state index in [4.69, 9.17) is 18.3 Å². The molecule has 1 heterocycles. The highest BCUT2D eigenvalue weighted by atomic mass is 28.4. The van der Waals surface area contributed by atoms with Gasteiger partial charge in [0.25, 0.3) is 0 Å². The molecule has 10 heteroatoms. The maximum atomic E-state index is 15.0. The van der Waals surface area contributed by atoms with Crippen LogP contribution in [0, 0.1) is 16.7 Å². The maximum Gasteiger partial charge on any atom is 0.303 e.